The zero-order valence-corrected chi connectivity index (χ0v) is 17.4. The molecule has 0 aliphatic heterocycles. The smallest absolute Gasteiger partial charge is 0.242 e. The molecule has 1 N–H and O–H groups in total. The third kappa shape index (κ3) is 4.26. The molecule has 5 rings (SSSR count). The highest BCUT2D eigenvalue weighted by Gasteiger charge is 2.51. The second kappa shape index (κ2) is 7.88. The van der Waals surface area contributed by atoms with E-state index in [2.05, 4.69) is 36.5 Å². The van der Waals surface area contributed by atoms with Gasteiger partial charge in [-0.2, -0.15) is 0 Å². The van der Waals surface area contributed by atoms with Crippen molar-refractivity contribution < 1.29 is 9.59 Å². The number of amides is 2. The Bertz CT molecular complexity index is 689. The molecule has 1 aromatic rings. The van der Waals surface area contributed by atoms with Crippen molar-refractivity contribution in [3.63, 3.8) is 0 Å². The predicted octanol–water partition coefficient (Wildman–Crippen LogP) is 3.93. The first kappa shape index (κ1) is 19.5. The number of likely N-dealkylation sites (N-methyl/N-ethyl adjacent to an activating group) is 1. The number of hydrogen-bond acceptors (Lipinski definition) is 2. The maximum absolute atomic E-state index is 12.6. The summed E-state index contributed by atoms with van der Waals surface area (Å²) < 4.78 is 0. The molecule has 4 aliphatic carbocycles. The summed E-state index contributed by atoms with van der Waals surface area (Å²) in [4.78, 5) is 26.8. The molecule has 0 unspecified atom stereocenters. The van der Waals surface area contributed by atoms with Crippen LogP contribution in [0.1, 0.15) is 63.0 Å². The lowest BCUT2D eigenvalue weighted by molar-refractivity contribution is -0.135. The van der Waals surface area contributed by atoms with Gasteiger partial charge in [-0.15, -0.1) is 0 Å². The van der Waals surface area contributed by atoms with Gasteiger partial charge < -0.3 is 10.2 Å². The second-order valence-corrected chi connectivity index (χ2v) is 9.79. The fraction of sp³-hybridized carbons (Fsp3) is 0.667. The summed E-state index contributed by atoms with van der Waals surface area (Å²) >= 11 is 0. The fourth-order valence-corrected chi connectivity index (χ4v) is 6.46. The highest BCUT2D eigenvalue weighted by molar-refractivity contribution is 5.84. The van der Waals surface area contributed by atoms with E-state index in [1.54, 1.807) is 11.9 Å². The van der Waals surface area contributed by atoms with Crippen molar-refractivity contribution in [2.75, 3.05) is 13.6 Å². The molecule has 0 saturated heterocycles. The zero-order valence-electron chi connectivity index (χ0n) is 17.4. The minimum absolute atomic E-state index is 0.0292. The summed E-state index contributed by atoms with van der Waals surface area (Å²) in [5.74, 6) is 2.59. The third-order valence-electron chi connectivity index (χ3n) is 7.41. The van der Waals surface area contributed by atoms with E-state index in [-0.39, 0.29) is 23.8 Å². The Labute approximate surface area is 169 Å². The molecule has 28 heavy (non-hydrogen) atoms. The molecule has 4 nitrogen and oxygen atoms in total. The fourth-order valence-electron chi connectivity index (χ4n) is 6.46. The van der Waals surface area contributed by atoms with Crippen molar-refractivity contribution in [2.45, 2.75) is 64.8 Å². The summed E-state index contributed by atoms with van der Waals surface area (Å²) in [6, 6.07) is 8.38. The zero-order chi connectivity index (χ0) is 19.7. The first-order valence-corrected chi connectivity index (χ1v) is 11.0. The van der Waals surface area contributed by atoms with Crippen LogP contribution in [0.4, 0.5) is 0 Å². The molecule has 4 aliphatic rings. The Kier molecular flexibility index (Phi) is 5.48. The number of nitrogens with one attached hydrogen (secondary N) is 1. The maximum Gasteiger partial charge on any atom is 0.242 e. The van der Waals surface area contributed by atoms with Crippen LogP contribution < -0.4 is 5.32 Å². The van der Waals surface area contributed by atoms with Crippen molar-refractivity contribution in [1.82, 2.24) is 10.2 Å². The molecule has 0 spiro atoms. The van der Waals surface area contributed by atoms with Gasteiger partial charge in [-0.1, -0.05) is 31.2 Å². The van der Waals surface area contributed by atoms with Crippen molar-refractivity contribution in [1.29, 1.82) is 0 Å². The van der Waals surface area contributed by atoms with E-state index in [0.29, 0.717) is 13.0 Å². The number of nitrogens with zero attached hydrogens (tertiary/aromatic N) is 1. The molecule has 1 aromatic carbocycles. The second-order valence-electron chi connectivity index (χ2n) is 9.79. The minimum atomic E-state index is -0.0292. The number of benzene rings is 1. The Balaban J connectivity index is 1.24. The van der Waals surface area contributed by atoms with Crippen LogP contribution in [-0.4, -0.2) is 30.3 Å². The van der Waals surface area contributed by atoms with Crippen molar-refractivity contribution in [3.8, 4) is 0 Å². The number of carbonyl (C=O) groups excluding carboxylic acids is 2. The average molecular weight is 383 g/mol. The van der Waals surface area contributed by atoms with Gasteiger partial charge in [0.25, 0.3) is 0 Å². The molecule has 152 valence electrons. The number of rotatable bonds is 7. The summed E-state index contributed by atoms with van der Waals surface area (Å²) in [7, 11) is 1.81. The van der Waals surface area contributed by atoms with Gasteiger partial charge in [0, 0.05) is 20.0 Å². The van der Waals surface area contributed by atoms with Crippen molar-refractivity contribution in [3.05, 3.63) is 35.4 Å². The predicted molar refractivity (Wildman–Crippen MR) is 111 cm³/mol. The van der Waals surface area contributed by atoms with Crippen LogP contribution in [0.5, 0.6) is 0 Å². The Hall–Kier alpha value is -1.84. The summed E-state index contributed by atoms with van der Waals surface area (Å²) in [5, 5.41) is 2.91. The molecule has 4 bridgehead atoms. The SMILES string of the molecule is CCc1ccc(CN(C)C(=O)CNC(=O)CC23CC4CC(CC(C4)C2)C3)cc1. The highest BCUT2D eigenvalue weighted by Crippen LogP contribution is 2.61. The molecule has 0 aromatic heterocycles. The third-order valence-corrected chi connectivity index (χ3v) is 7.41. The van der Waals surface area contributed by atoms with Gasteiger partial charge in [0.2, 0.25) is 11.8 Å². The molecular formula is C24H34N2O2. The van der Waals surface area contributed by atoms with Crippen LogP contribution in [0.15, 0.2) is 24.3 Å². The Morgan fingerprint density at radius 1 is 1.00 bits per heavy atom. The molecule has 2 amide bonds. The monoisotopic (exact) mass is 382 g/mol. The summed E-state index contributed by atoms with van der Waals surface area (Å²) in [6.07, 6.45) is 9.50. The van der Waals surface area contributed by atoms with Crippen LogP contribution in [-0.2, 0) is 22.6 Å². The molecule has 4 saturated carbocycles. The van der Waals surface area contributed by atoms with E-state index >= 15 is 0 Å². The average Bonchev–Trinajstić information content (AvgIpc) is 2.65. The van der Waals surface area contributed by atoms with Gasteiger partial charge in [0.1, 0.15) is 0 Å². The maximum atomic E-state index is 12.6. The van der Waals surface area contributed by atoms with Gasteiger partial charge in [0.05, 0.1) is 6.54 Å². The molecule has 4 heteroatoms. The lowest BCUT2D eigenvalue weighted by Crippen LogP contribution is -2.48. The van der Waals surface area contributed by atoms with Crippen molar-refractivity contribution >= 4 is 11.8 Å². The first-order valence-electron chi connectivity index (χ1n) is 11.0. The summed E-state index contributed by atoms with van der Waals surface area (Å²) in [6.45, 7) is 2.82. The number of hydrogen-bond donors (Lipinski definition) is 1. The normalized spacial score (nSPS) is 30.3. The number of aryl methyl sites for hydroxylation is 1. The van der Waals surface area contributed by atoms with E-state index in [1.807, 2.05) is 0 Å². The van der Waals surface area contributed by atoms with E-state index in [0.717, 1.165) is 29.7 Å². The molecule has 0 atom stereocenters. The first-order chi connectivity index (χ1) is 13.4. The van der Waals surface area contributed by atoms with Gasteiger partial charge >= 0.3 is 0 Å². The van der Waals surface area contributed by atoms with Crippen molar-refractivity contribution in [2.24, 2.45) is 23.2 Å². The van der Waals surface area contributed by atoms with Crippen LogP contribution in [0, 0.1) is 23.2 Å². The largest absolute Gasteiger partial charge is 0.347 e. The molecule has 0 heterocycles. The van der Waals surface area contributed by atoms with Crippen LogP contribution >= 0.6 is 0 Å². The topological polar surface area (TPSA) is 49.4 Å². The van der Waals surface area contributed by atoms with E-state index in [1.165, 1.54) is 44.1 Å². The number of carbonyl (C=O) groups is 2. The highest BCUT2D eigenvalue weighted by atomic mass is 16.2. The van der Waals surface area contributed by atoms with Crippen LogP contribution in [0.2, 0.25) is 0 Å². The molecular weight excluding hydrogens is 348 g/mol. The van der Waals surface area contributed by atoms with Gasteiger partial charge in [-0.3, -0.25) is 9.59 Å². The Morgan fingerprint density at radius 3 is 2.07 bits per heavy atom. The minimum Gasteiger partial charge on any atom is -0.347 e. The quantitative estimate of drug-likeness (QED) is 0.777. The van der Waals surface area contributed by atoms with E-state index in [4.69, 9.17) is 0 Å². The van der Waals surface area contributed by atoms with Crippen LogP contribution in [0.3, 0.4) is 0 Å². The Morgan fingerprint density at radius 2 is 1.54 bits per heavy atom. The van der Waals surface area contributed by atoms with Gasteiger partial charge in [0.15, 0.2) is 0 Å². The lowest BCUT2D eigenvalue weighted by Gasteiger charge is -2.56. The van der Waals surface area contributed by atoms with Crippen LogP contribution in [0.25, 0.3) is 0 Å². The van der Waals surface area contributed by atoms with Gasteiger partial charge in [-0.25, -0.2) is 0 Å². The van der Waals surface area contributed by atoms with E-state index in [9.17, 15) is 9.59 Å². The lowest BCUT2D eigenvalue weighted by atomic mass is 9.49. The summed E-state index contributed by atoms with van der Waals surface area (Å²) in [5.41, 5.74) is 2.65. The standard InChI is InChI=1S/C24H34N2O2/c1-3-17-4-6-18(7-5-17)16-26(2)23(28)15-25-22(27)14-24-11-19-8-20(12-24)10-21(9-19)13-24/h4-7,19-21H,3,8-16H2,1-2H3,(H,25,27). The molecule has 4 fully saturated rings. The van der Waals surface area contributed by atoms with Gasteiger partial charge in [-0.05, 0) is 79.2 Å². The van der Waals surface area contributed by atoms with E-state index < -0.39 is 0 Å². The molecule has 0 radical (unpaired) electrons.